The Kier molecular flexibility index (Phi) is 8.50. The first-order valence-electron chi connectivity index (χ1n) is 14.9. The number of methoxy groups -OCH3 is 1. The molecule has 9 nitrogen and oxygen atoms in total. The van der Waals surface area contributed by atoms with E-state index in [2.05, 4.69) is 51.8 Å². The Labute approximate surface area is 287 Å². The van der Waals surface area contributed by atoms with Crippen molar-refractivity contribution in [3.8, 4) is 23.0 Å². The molecular formula is C36H29IN2O7S. The SMILES string of the molecule is CCOC(=O)C1=C(C)N=c2sc(=Cc3cc(I)c(OCc4cccc5ccccc45)c(OC)c3)c(=O)n2C1c1ccc2c(c1)OCO2. The summed E-state index contributed by atoms with van der Waals surface area (Å²) in [5.74, 6) is 1.80. The van der Waals surface area contributed by atoms with Crippen LogP contribution >= 0.6 is 33.9 Å². The third-order valence-electron chi connectivity index (χ3n) is 8.03. The Hall–Kier alpha value is -4.62. The van der Waals surface area contributed by atoms with E-state index in [1.54, 1.807) is 37.7 Å². The van der Waals surface area contributed by atoms with Gasteiger partial charge >= 0.3 is 5.97 Å². The molecule has 0 fully saturated rings. The zero-order valence-electron chi connectivity index (χ0n) is 25.7. The maximum Gasteiger partial charge on any atom is 0.338 e. The summed E-state index contributed by atoms with van der Waals surface area (Å²) in [6, 6.07) is 22.8. The number of esters is 1. The fraction of sp³-hybridized carbons (Fsp3) is 0.194. The van der Waals surface area contributed by atoms with E-state index in [0.29, 0.717) is 55.8 Å². The van der Waals surface area contributed by atoms with Crippen molar-refractivity contribution in [2.45, 2.75) is 26.5 Å². The molecule has 5 aromatic rings. The summed E-state index contributed by atoms with van der Waals surface area (Å²) >= 11 is 3.48. The van der Waals surface area contributed by atoms with Gasteiger partial charge < -0.3 is 23.7 Å². The van der Waals surface area contributed by atoms with Gasteiger partial charge in [-0.05, 0) is 94.2 Å². The summed E-state index contributed by atoms with van der Waals surface area (Å²) in [4.78, 5) is 32.5. The summed E-state index contributed by atoms with van der Waals surface area (Å²) in [6.07, 6.45) is 1.81. The lowest BCUT2D eigenvalue weighted by molar-refractivity contribution is -0.139. The number of carbonyl (C=O) groups excluding carboxylic acids is 1. The Morgan fingerprint density at radius 1 is 1.09 bits per heavy atom. The van der Waals surface area contributed by atoms with Crippen LogP contribution in [0.2, 0.25) is 0 Å². The van der Waals surface area contributed by atoms with E-state index in [1.165, 1.54) is 11.3 Å². The van der Waals surface area contributed by atoms with E-state index in [-0.39, 0.29) is 19.0 Å². The number of benzene rings is 4. The van der Waals surface area contributed by atoms with Crippen LogP contribution in [-0.4, -0.2) is 31.0 Å². The van der Waals surface area contributed by atoms with Crippen LogP contribution in [0.1, 0.15) is 36.6 Å². The predicted molar refractivity (Wildman–Crippen MR) is 187 cm³/mol. The molecule has 1 atom stereocenters. The third kappa shape index (κ3) is 5.78. The fourth-order valence-corrected chi connectivity index (χ4v) is 7.70. The quantitative estimate of drug-likeness (QED) is 0.144. The molecule has 0 N–H and O–H groups in total. The Bertz CT molecular complexity index is 2270. The van der Waals surface area contributed by atoms with Crippen LogP contribution in [0.3, 0.4) is 0 Å². The molecule has 0 spiro atoms. The number of fused-ring (bicyclic) bond motifs is 3. The summed E-state index contributed by atoms with van der Waals surface area (Å²) in [7, 11) is 1.60. The molecular weight excluding hydrogens is 731 g/mol. The van der Waals surface area contributed by atoms with Crippen LogP contribution in [0.25, 0.3) is 16.8 Å². The van der Waals surface area contributed by atoms with Gasteiger partial charge in [-0.15, -0.1) is 0 Å². The minimum atomic E-state index is -0.763. The molecule has 7 rings (SSSR count). The van der Waals surface area contributed by atoms with E-state index >= 15 is 0 Å². The van der Waals surface area contributed by atoms with Crippen molar-refractivity contribution in [1.82, 2.24) is 4.57 Å². The van der Waals surface area contributed by atoms with Gasteiger partial charge in [-0.2, -0.15) is 0 Å². The topological polar surface area (TPSA) is 97.6 Å². The lowest BCUT2D eigenvalue weighted by Crippen LogP contribution is -2.39. The number of nitrogens with zero attached hydrogens (tertiary/aromatic N) is 2. The Morgan fingerprint density at radius 3 is 2.72 bits per heavy atom. The molecule has 0 amide bonds. The molecule has 1 unspecified atom stereocenters. The summed E-state index contributed by atoms with van der Waals surface area (Å²) < 4.78 is 31.4. The van der Waals surface area contributed by atoms with Gasteiger partial charge in [0, 0.05) is 0 Å². The molecule has 238 valence electrons. The number of carbonyl (C=O) groups is 1. The lowest BCUT2D eigenvalue weighted by Gasteiger charge is -2.24. The number of hydrogen-bond acceptors (Lipinski definition) is 9. The molecule has 47 heavy (non-hydrogen) atoms. The number of aromatic nitrogens is 1. The van der Waals surface area contributed by atoms with Gasteiger partial charge in [0.2, 0.25) is 6.79 Å². The fourth-order valence-electron chi connectivity index (χ4n) is 5.87. The minimum absolute atomic E-state index is 0.108. The normalized spacial score (nSPS) is 15.4. The van der Waals surface area contributed by atoms with Crippen molar-refractivity contribution in [2.24, 2.45) is 4.99 Å². The van der Waals surface area contributed by atoms with E-state index in [1.807, 2.05) is 42.5 Å². The standard InChI is InChI=1S/C36H29IN2O7S/c1-4-43-35(41)31-20(2)38-36-39(32(31)23-12-13-27-28(17-23)46-19-45-27)34(40)30(47-36)16-21-14-26(37)33(29(15-21)42-3)44-18-24-10-7-9-22-8-5-6-11-25(22)24/h5-17,32H,4,18-19H2,1-3H3. The molecule has 4 aromatic carbocycles. The van der Waals surface area contributed by atoms with Crippen LogP contribution in [0.4, 0.5) is 0 Å². The minimum Gasteiger partial charge on any atom is -0.493 e. The van der Waals surface area contributed by atoms with Crippen LogP contribution in [0.15, 0.2) is 93.9 Å². The van der Waals surface area contributed by atoms with E-state index in [0.717, 1.165) is 25.5 Å². The Morgan fingerprint density at radius 2 is 1.89 bits per heavy atom. The number of allylic oxidation sites excluding steroid dienone is 1. The van der Waals surface area contributed by atoms with Crippen LogP contribution in [0.5, 0.6) is 23.0 Å². The van der Waals surface area contributed by atoms with Gasteiger partial charge in [-0.25, -0.2) is 9.79 Å². The van der Waals surface area contributed by atoms with Crippen molar-refractivity contribution in [2.75, 3.05) is 20.5 Å². The molecule has 3 heterocycles. The maximum atomic E-state index is 14.1. The second-order valence-corrected chi connectivity index (χ2v) is 13.0. The van der Waals surface area contributed by atoms with Gasteiger partial charge in [-0.1, -0.05) is 59.9 Å². The first-order valence-corrected chi connectivity index (χ1v) is 16.8. The average molecular weight is 761 g/mol. The van der Waals surface area contributed by atoms with Gasteiger partial charge in [-0.3, -0.25) is 9.36 Å². The molecule has 0 saturated carbocycles. The predicted octanol–water partition coefficient (Wildman–Crippen LogP) is 5.87. The molecule has 2 aliphatic rings. The molecule has 1 aromatic heterocycles. The van der Waals surface area contributed by atoms with E-state index in [4.69, 9.17) is 23.7 Å². The van der Waals surface area contributed by atoms with Crippen LogP contribution in [0, 0.1) is 3.57 Å². The maximum absolute atomic E-state index is 14.1. The van der Waals surface area contributed by atoms with Gasteiger partial charge in [0.05, 0.1) is 39.1 Å². The second-order valence-electron chi connectivity index (χ2n) is 10.9. The molecule has 0 saturated heterocycles. The Balaban J connectivity index is 1.27. The number of ether oxygens (including phenoxy) is 5. The highest BCUT2D eigenvalue weighted by Crippen LogP contribution is 2.39. The monoisotopic (exact) mass is 760 g/mol. The number of thiazole rings is 1. The summed E-state index contributed by atoms with van der Waals surface area (Å²) in [5.41, 5.74) is 3.02. The molecule has 0 bridgehead atoms. The third-order valence-corrected chi connectivity index (χ3v) is 9.82. The first-order chi connectivity index (χ1) is 22.9. The highest BCUT2D eigenvalue weighted by molar-refractivity contribution is 14.1. The number of hydrogen-bond donors (Lipinski definition) is 0. The highest BCUT2D eigenvalue weighted by Gasteiger charge is 2.34. The summed E-state index contributed by atoms with van der Waals surface area (Å²) in [5, 5.41) is 2.29. The lowest BCUT2D eigenvalue weighted by atomic mass is 9.95. The van der Waals surface area contributed by atoms with Crippen LogP contribution < -0.4 is 33.8 Å². The zero-order valence-corrected chi connectivity index (χ0v) is 28.7. The average Bonchev–Trinajstić information content (AvgIpc) is 3.66. The van der Waals surface area contributed by atoms with Crippen molar-refractivity contribution in [3.05, 3.63) is 124 Å². The number of halogens is 1. The highest BCUT2D eigenvalue weighted by atomic mass is 127. The molecule has 0 aliphatic carbocycles. The largest absolute Gasteiger partial charge is 0.493 e. The van der Waals surface area contributed by atoms with Crippen LogP contribution in [-0.2, 0) is 16.1 Å². The van der Waals surface area contributed by atoms with E-state index in [9.17, 15) is 9.59 Å². The van der Waals surface area contributed by atoms with Gasteiger partial charge in [0.15, 0.2) is 27.8 Å². The van der Waals surface area contributed by atoms with Crippen molar-refractivity contribution in [3.63, 3.8) is 0 Å². The zero-order chi connectivity index (χ0) is 32.7. The first kappa shape index (κ1) is 31.0. The van der Waals surface area contributed by atoms with Crippen molar-refractivity contribution >= 4 is 56.7 Å². The van der Waals surface area contributed by atoms with Crippen molar-refractivity contribution < 1.29 is 28.5 Å². The molecule has 11 heteroatoms. The van der Waals surface area contributed by atoms with Gasteiger partial charge in [0.1, 0.15) is 6.61 Å². The molecule has 0 radical (unpaired) electrons. The molecule has 2 aliphatic heterocycles. The van der Waals surface area contributed by atoms with Crippen molar-refractivity contribution in [1.29, 1.82) is 0 Å². The smallest absolute Gasteiger partial charge is 0.338 e. The second kappa shape index (κ2) is 12.9. The van der Waals surface area contributed by atoms with E-state index < -0.39 is 12.0 Å². The van der Waals surface area contributed by atoms with Gasteiger partial charge in [0.25, 0.3) is 5.56 Å². The summed E-state index contributed by atoms with van der Waals surface area (Å²) in [6.45, 7) is 4.17. The number of rotatable bonds is 8.